The van der Waals surface area contributed by atoms with Crippen molar-refractivity contribution in [3.63, 3.8) is 0 Å². The first-order chi connectivity index (χ1) is 28.2. The fraction of sp³-hybridized carbons (Fsp3) is 0.0727. The molecule has 7 aromatic carbocycles. The van der Waals surface area contributed by atoms with Crippen molar-refractivity contribution >= 4 is 27.1 Å². The summed E-state index contributed by atoms with van der Waals surface area (Å²) in [5.74, 6) is 0.265. The molecule has 0 saturated heterocycles. The van der Waals surface area contributed by atoms with Gasteiger partial charge in [0.15, 0.2) is 0 Å². The Hall–Kier alpha value is -7.03. The van der Waals surface area contributed by atoms with Gasteiger partial charge in [-0.25, -0.2) is 0 Å². The van der Waals surface area contributed by atoms with E-state index in [2.05, 4.69) is 217 Å². The number of hydrogen-bond donors (Lipinski definition) is 0. The summed E-state index contributed by atoms with van der Waals surface area (Å²) in [4.78, 5) is 6.95. The SMILES string of the molecule is CN1C=CC=CC1c1ccc(-c2c3ccccc3c(C3=CCC(c4ccccn4)C=C3)c3ccc(-c4cc(-c5ccccc5)cc(-c5ccccc5)c4)cc23)cc1. The second kappa shape index (κ2) is 14.9. The number of nitrogens with zero attached hydrogens (tertiary/aromatic N) is 2. The quantitative estimate of drug-likeness (QED) is 0.152. The standard InChI is InChI=1S/C55H42N2/c1-57-33-13-11-21-53(57)41-24-28-43(29-25-41)55-49-19-9-8-18-48(49)54(42-26-22-40(23-27-42)52-20-10-12-32-56-52)50-31-30-44(37-51(50)55)47-35-45(38-14-4-2-5-15-38)34-46(36-47)39-16-6-3-7-17-39/h2-22,24-37,40,53H,23H2,1H3. The third kappa shape index (κ3) is 6.60. The van der Waals surface area contributed by atoms with E-state index >= 15 is 0 Å². The highest BCUT2D eigenvalue weighted by molar-refractivity contribution is 6.20. The van der Waals surface area contributed by atoms with Crippen molar-refractivity contribution < 1.29 is 0 Å². The number of benzene rings is 7. The van der Waals surface area contributed by atoms with Gasteiger partial charge in [0.05, 0.1) is 6.04 Å². The van der Waals surface area contributed by atoms with Gasteiger partial charge in [0.2, 0.25) is 0 Å². The van der Waals surface area contributed by atoms with Gasteiger partial charge in [0, 0.05) is 24.9 Å². The highest BCUT2D eigenvalue weighted by Gasteiger charge is 2.21. The van der Waals surface area contributed by atoms with Crippen molar-refractivity contribution in [2.24, 2.45) is 0 Å². The van der Waals surface area contributed by atoms with Crippen LogP contribution in [0.3, 0.4) is 0 Å². The first-order valence-electron chi connectivity index (χ1n) is 19.9. The van der Waals surface area contributed by atoms with E-state index in [9.17, 15) is 0 Å². The number of pyridine rings is 1. The fourth-order valence-corrected chi connectivity index (χ4v) is 8.77. The molecule has 0 fully saturated rings. The van der Waals surface area contributed by atoms with E-state index in [0.717, 1.165) is 12.1 Å². The van der Waals surface area contributed by atoms with Gasteiger partial charge in [-0.3, -0.25) is 4.98 Å². The second-order valence-electron chi connectivity index (χ2n) is 15.2. The van der Waals surface area contributed by atoms with Crippen LogP contribution in [-0.2, 0) is 0 Å². The molecule has 2 heteroatoms. The van der Waals surface area contributed by atoms with Crippen LogP contribution in [-0.4, -0.2) is 16.9 Å². The van der Waals surface area contributed by atoms with Crippen LogP contribution in [0.15, 0.2) is 213 Å². The maximum atomic E-state index is 4.68. The Morgan fingerprint density at radius 1 is 0.491 bits per heavy atom. The molecule has 10 rings (SSSR count). The predicted octanol–water partition coefficient (Wildman–Crippen LogP) is 14.2. The smallest absolute Gasteiger partial charge is 0.0720 e. The molecule has 2 heterocycles. The molecule has 0 radical (unpaired) electrons. The molecule has 1 aromatic heterocycles. The average molecular weight is 731 g/mol. The van der Waals surface area contributed by atoms with Crippen LogP contribution in [0.4, 0.5) is 0 Å². The van der Waals surface area contributed by atoms with Crippen molar-refractivity contribution in [2.45, 2.75) is 18.4 Å². The molecule has 1 aliphatic carbocycles. The number of allylic oxidation sites excluding steroid dienone is 6. The largest absolute Gasteiger partial charge is 0.370 e. The monoisotopic (exact) mass is 730 g/mol. The summed E-state index contributed by atoms with van der Waals surface area (Å²) in [5, 5.41) is 5.03. The van der Waals surface area contributed by atoms with Crippen molar-refractivity contribution in [3.05, 3.63) is 229 Å². The van der Waals surface area contributed by atoms with Crippen LogP contribution < -0.4 is 0 Å². The zero-order chi connectivity index (χ0) is 38.1. The lowest BCUT2D eigenvalue weighted by atomic mass is 9.82. The molecule has 8 aromatic rings. The minimum Gasteiger partial charge on any atom is -0.370 e. The summed E-state index contributed by atoms with van der Waals surface area (Å²) in [6.45, 7) is 0. The highest BCUT2D eigenvalue weighted by atomic mass is 15.1. The summed E-state index contributed by atoms with van der Waals surface area (Å²) in [7, 11) is 2.14. The van der Waals surface area contributed by atoms with Crippen LogP contribution in [0, 0.1) is 0 Å². The molecule has 272 valence electrons. The lowest BCUT2D eigenvalue weighted by molar-refractivity contribution is 0.390. The number of fused-ring (bicyclic) bond motifs is 2. The lowest BCUT2D eigenvalue weighted by Crippen LogP contribution is -2.18. The van der Waals surface area contributed by atoms with Crippen LogP contribution in [0.25, 0.3) is 71.6 Å². The van der Waals surface area contributed by atoms with Crippen LogP contribution >= 0.6 is 0 Å². The number of rotatable bonds is 7. The normalized spacial score (nSPS) is 16.3. The molecule has 0 bridgehead atoms. The van der Waals surface area contributed by atoms with Crippen LogP contribution in [0.2, 0.25) is 0 Å². The molecule has 2 unspecified atom stereocenters. The molecule has 1 aliphatic heterocycles. The second-order valence-corrected chi connectivity index (χ2v) is 15.2. The van der Waals surface area contributed by atoms with E-state index in [0.29, 0.717) is 0 Å². The van der Waals surface area contributed by atoms with E-state index in [1.54, 1.807) is 0 Å². The molecular formula is C55H42N2. The summed E-state index contributed by atoms with van der Waals surface area (Å²) in [6, 6.07) is 60.3. The summed E-state index contributed by atoms with van der Waals surface area (Å²) in [6.07, 6.45) is 18.5. The molecule has 2 nitrogen and oxygen atoms in total. The molecule has 2 aliphatic rings. The van der Waals surface area contributed by atoms with Crippen LogP contribution in [0.1, 0.15) is 35.2 Å². The average Bonchev–Trinajstić information content (AvgIpc) is 3.29. The molecule has 2 atom stereocenters. The zero-order valence-corrected chi connectivity index (χ0v) is 32.0. The zero-order valence-electron chi connectivity index (χ0n) is 32.0. The van der Waals surface area contributed by atoms with E-state index in [1.807, 2.05) is 12.3 Å². The molecule has 0 N–H and O–H groups in total. The molecule has 0 amide bonds. The summed E-state index contributed by atoms with van der Waals surface area (Å²) < 4.78 is 0. The Kier molecular flexibility index (Phi) is 9.01. The van der Waals surface area contributed by atoms with Crippen molar-refractivity contribution in [1.29, 1.82) is 0 Å². The molecule has 0 saturated carbocycles. The summed E-state index contributed by atoms with van der Waals surface area (Å²) in [5.41, 5.74) is 14.6. The Bertz CT molecular complexity index is 2810. The van der Waals surface area contributed by atoms with E-state index in [-0.39, 0.29) is 12.0 Å². The Labute approximate surface area is 335 Å². The summed E-state index contributed by atoms with van der Waals surface area (Å²) >= 11 is 0. The Balaban J connectivity index is 1.19. The van der Waals surface area contributed by atoms with Gasteiger partial charge in [-0.05, 0) is 138 Å². The maximum Gasteiger partial charge on any atom is 0.0720 e. The first-order valence-corrected chi connectivity index (χ1v) is 19.9. The Morgan fingerprint density at radius 2 is 1.11 bits per heavy atom. The third-order valence-electron chi connectivity index (χ3n) is 11.7. The van der Waals surface area contributed by atoms with Crippen LogP contribution in [0.5, 0.6) is 0 Å². The molecular weight excluding hydrogens is 689 g/mol. The third-order valence-corrected chi connectivity index (χ3v) is 11.7. The van der Waals surface area contributed by atoms with Gasteiger partial charge < -0.3 is 4.90 Å². The van der Waals surface area contributed by atoms with Gasteiger partial charge in [0.25, 0.3) is 0 Å². The van der Waals surface area contributed by atoms with Crippen molar-refractivity contribution in [1.82, 2.24) is 9.88 Å². The van der Waals surface area contributed by atoms with Gasteiger partial charge in [-0.2, -0.15) is 0 Å². The van der Waals surface area contributed by atoms with Gasteiger partial charge >= 0.3 is 0 Å². The van der Waals surface area contributed by atoms with Gasteiger partial charge in [0.1, 0.15) is 0 Å². The lowest BCUT2D eigenvalue weighted by Gasteiger charge is -2.27. The van der Waals surface area contributed by atoms with E-state index < -0.39 is 0 Å². The number of aromatic nitrogens is 1. The maximum absolute atomic E-state index is 4.68. The molecule has 57 heavy (non-hydrogen) atoms. The Morgan fingerprint density at radius 3 is 1.74 bits per heavy atom. The number of likely N-dealkylation sites (N-methyl/N-ethyl adjacent to an activating group) is 1. The fourth-order valence-electron chi connectivity index (χ4n) is 8.77. The topological polar surface area (TPSA) is 16.1 Å². The first kappa shape index (κ1) is 34.5. The minimum atomic E-state index is 0.210. The van der Waals surface area contributed by atoms with Gasteiger partial charge in [-0.15, -0.1) is 0 Å². The minimum absolute atomic E-state index is 0.210. The van der Waals surface area contributed by atoms with Crippen molar-refractivity contribution in [2.75, 3.05) is 7.05 Å². The number of hydrogen-bond acceptors (Lipinski definition) is 2. The molecule has 0 spiro atoms. The predicted molar refractivity (Wildman–Crippen MR) is 241 cm³/mol. The van der Waals surface area contributed by atoms with E-state index in [1.165, 1.54) is 82.8 Å². The van der Waals surface area contributed by atoms with Gasteiger partial charge in [-0.1, -0.05) is 158 Å². The van der Waals surface area contributed by atoms with E-state index in [4.69, 9.17) is 0 Å². The van der Waals surface area contributed by atoms with Crippen molar-refractivity contribution in [3.8, 4) is 44.5 Å². The highest BCUT2D eigenvalue weighted by Crippen LogP contribution is 2.45.